The molecule has 0 aromatic carbocycles. The Bertz CT molecular complexity index is 96.1. The van der Waals surface area contributed by atoms with Crippen LogP contribution in [-0.4, -0.2) is 23.8 Å². The fourth-order valence-electron chi connectivity index (χ4n) is 0.448. The lowest BCUT2D eigenvalue weighted by molar-refractivity contribution is -0.118. The van der Waals surface area contributed by atoms with Gasteiger partial charge in [0.15, 0.2) is 0 Å². The SMILES string of the molecule is CC.CSCCC(N)C(C)=O. The van der Waals surface area contributed by atoms with Crippen LogP contribution in [0.25, 0.3) is 0 Å². The van der Waals surface area contributed by atoms with Gasteiger partial charge < -0.3 is 5.73 Å². The van der Waals surface area contributed by atoms with E-state index in [2.05, 4.69) is 0 Å². The Kier molecular flexibility index (Phi) is 12.3. The molecule has 1 unspecified atom stereocenters. The van der Waals surface area contributed by atoms with E-state index in [-0.39, 0.29) is 11.8 Å². The molecule has 0 aromatic rings. The first-order valence-corrected chi connectivity index (χ1v) is 5.33. The van der Waals surface area contributed by atoms with Crippen LogP contribution < -0.4 is 5.73 Å². The van der Waals surface area contributed by atoms with Gasteiger partial charge in [-0.05, 0) is 25.4 Å². The summed E-state index contributed by atoms with van der Waals surface area (Å²) in [7, 11) is 0. The fourth-order valence-corrected chi connectivity index (χ4v) is 0.938. The molecule has 0 heterocycles. The monoisotopic (exact) mass is 177 g/mol. The Morgan fingerprint density at radius 2 is 2.00 bits per heavy atom. The number of hydrogen-bond acceptors (Lipinski definition) is 3. The summed E-state index contributed by atoms with van der Waals surface area (Å²) in [4.78, 5) is 10.5. The summed E-state index contributed by atoms with van der Waals surface area (Å²) in [6.07, 6.45) is 2.81. The molecule has 2 nitrogen and oxygen atoms in total. The van der Waals surface area contributed by atoms with Gasteiger partial charge in [-0.3, -0.25) is 4.79 Å². The highest BCUT2D eigenvalue weighted by molar-refractivity contribution is 7.98. The van der Waals surface area contributed by atoms with Crippen LogP contribution in [0.5, 0.6) is 0 Å². The average Bonchev–Trinajstić information content (AvgIpc) is 2.03. The van der Waals surface area contributed by atoms with E-state index in [4.69, 9.17) is 5.73 Å². The molecular formula is C8H19NOS. The van der Waals surface area contributed by atoms with Crippen LogP contribution in [0.3, 0.4) is 0 Å². The van der Waals surface area contributed by atoms with Crippen molar-refractivity contribution in [2.24, 2.45) is 5.73 Å². The zero-order chi connectivity index (χ0) is 9.28. The van der Waals surface area contributed by atoms with Gasteiger partial charge in [-0.25, -0.2) is 0 Å². The van der Waals surface area contributed by atoms with E-state index in [0.29, 0.717) is 0 Å². The molecule has 2 N–H and O–H groups in total. The van der Waals surface area contributed by atoms with Crippen LogP contribution in [0.4, 0.5) is 0 Å². The molecule has 0 rings (SSSR count). The number of hydrogen-bond donors (Lipinski definition) is 1. The number of Topliss-reactive ketones (excluding diaryl/α,β-unsaturated/α-hetero) is 1. The third-order valence-corrected chi connectivity index (χ3v) is 1.80. The molecule has 1 atom stereocenters. The first-order valence-electron chi connectivity index (χ1n) is 3.93. The third-order valence-electron chi connectivity index (χ3n) is 1.16. The predicted octanol–water partition coefficient (Wildman–Crippen LogP) is 1.68. The Hall–Kier alpha value is -0.0200. The lowest BCUT2D eigenvalue weighted by Crippen LogP contribution is -2.28. The van der Waals surface area contributed by atoms with E-state index in [9.17, 15) is 4.79 Å². The van der Waals surface area contributed by atoms with Gasteiger partial charge in [0, 0.05) is 0 Å². The second kappa shape index (κ2) is 9.98. The minimum absolute atomic E-state index is 0.0871. The van der Waals surface area contributed by atoms with Gasteiger partial charge in [-0.2, -0.15) is 11.8 Å². The molecule has 68 valence electrons. The molecule has 0 aliphatic rings. The Labute approximate surface area is 73.9 Å². The van der Waals surface area contributed by atoms with Crippen LogP contribution in [-0.2, 0) is 4.79 Å². The van der Waals surface area contributed by atoms with Crippen molar-refractivity contribution in [1.82, 2.24) is 0 Å². The second-order valence-electron chi connectivity index (χ2n) is 2.00. The van der Waals surface area contributed by atoms with Crippen LogP contribution in [0.1, 0.15) is 27.2 Å². The number of thioether (sulfide) groups is 1. The van der Waals surface area contributed by atoms with E-state index in [0.717, 1.165) is 12.2 Å². The number of carbonyl (C=O) groups is 1. The van der Waals surface area contributed by atoms with Crippen molar-refractivity contribution < 1.29 is 4.79 Å². The largest absolute Gasteiger partial charge is 0.321 e. The van der Waals surface area contributed by atoms with Crippen molar-refractivity contribution in [3.05, 3.63) is 0 Å². The molecule has 0 amide bonds. The van der Waals surface area contributed by atoms with Crippen LogP contribution in [0.15, 0.2) is 0 Å². The summed E-state index contributed by atoms with van der Waals surface area (Å²) < 4.78 is 0. The lowest BCUT2D eigenvalue weighted by atomic mass is 10.2. The summed E-state index contributed by atoms with van der Waals surface area (Å²) in [5.74, 6) is 1.06. The summed E-state index contributed by atoms with van der Waals surface area (Å²) >= 11 is 1.72. The molecular weight excluding hydrogens is 158 g/mol. The maximum atomic E-state index is 10.5. The second-order valence-corrected chi connectivity index (χ2v) is 2.98. The molecule has 0 fully saturated rings. The molecule has 0 radical (unpaired) electrons. The molecule has 0 aromatic heterocycles. The highest BCUT2D eigenvalue weighted by Crippen LogP contribution is 1.98. The standard InChI is InChI=1S/C6H13NOS.C2H6/c1-5(8)6(7)3-4-9-2;1-2/h6H,3-4,7H2,1-2H3;1-2H3. The maximum Gasteiger partial charge on any atom is 0.146 e. The molecule has 0 bridgehead atoms. The predicted molar refractivity (Wildman–Crippen MR) is 53.0 cm³/mol. The number of rotatable bonds is 4. The first kappa shape index (κ1) is 13.6. The van der Waals surface area contributed by atoms with E-state index in [1.807, 2.05) is 20.1 Å². The molecule has 0 saturated heterocycles. The third kappa shape index (κ3) is 9.98. The molecule has 11 heavy (non-hydrogen) atoms. The Morgan fingerprint density at radius 1 is 1.55 bits per heavy atom. The van der Waals surface area contributed by atoms with Gasteiger partial charge in [0.25, 0.3) is 0 Å². The zero-order valence-electron chi connectivity index (χ0n) is 7.89. The molecule has 0 saturated carbocycles. The summed E-state index contributed by atoms with van der Waals surface area (Å²) in [5.41, 5.74) is 5.44. The van der Waals surface area contributed by atoms with Crippen molar-refractivity contribution in [2.75, 3.05) is 12.0 Å². The zero-order valence-corrected chi connectivity index (χ0v) is 8.70. The van der Waals surface area contributed by atoms with E-state index in [1.54, 1.807) is 11.8 Å². The Balaban J connectivity index is 0. The molecule has 0 aliphatic heterocycles. The van der Waals surface area contributed by atoms with Crippen molar-refractivity contribution in [1.29, 1.82) is 0 Å². The summed E-state index contributed by atoms with van der Waals surface area (Å²) in [6.45, 7) is 5.53. The summed E-state index contributed by atoms with van der Waals surface area (Å²) in [6, 6.07) is -0.238. The molecule has 0 aliphatic carbocycles. The van der Waals surface area contributed by atoms with Gasteiger partial charge in [0.2, 0.25) is 0 Å². The first-order chi connectivity index (χ1) is 5.18. The van der Waals surface area contributed by atoms with Crippen molar-refractivity contribution in [2.45, 2.75) is 33.2 Å². The van der Waals surface area contributed by atoms with Crippen LogP contribution in [0, 0.1) is 0 Å². The van der Waals surface area contributed by atoms with E-state index < -0.39 is 0 Å². The van der Waals surface area contributed by atoms with Crippen LogP contribution in [0.2, 0.25) is 0 Å². The fraction of sp³-hybridized carbons (Fsp3) is 0.875. The Morgan fingerprint density at radius 3 is 2.27 bits per heavy atom. The number of nitrogens with two attached hydrogens (primary N) is 1. The van der Waals surface area contributed by atoms with Gasteiger partial charge in [0.1, 0.15) is 5.78 Å². The topological polar surface area (TPSA) is 43.1 Å². The van der Waals surface area contributed by atoms with Crippen molar-refractivity contribution in [3.63, 3.8) is 0 Å². The smallest absolute Gasteiger partial charge is 0.146 e. The van der Waals surface area contributed by atoms with Crippen molar-refractivity contribution >= 4 is 17.5 Å². The molecule has 3 heteroatoms. The minimum Gasteiger partial charge on any atom is -0.321 e. The van der Waals surface area contributed by atoms with E-state index in [1.165, 1.54) is 6.92 Å². The lowest BCUT2D eigenvalue weighted by Gasteiger charge is -2.03. The maximum absolute atomic E-state index is 10.5. The molecule has 0 spiro atoms. The normalized spacial score (nSPS) is 11.4. The minimum atomic E-state index is -0.238. The van der Waals surface area contributed by atoms with E-state index >= 15 is 0 Å². The highest BCUT2D eigenvalue weighted by atomic mass is 32.2. The number of carbonyl (C=O) groups excluding carboxylic acids is 1. The van der Waals surface area contributed by atoms with Gasteiger partial charge in [-0.1, -0.05) is 13.8 Å². The number of ketones is 1. The average molecular weight is 177 g/mol. The van der Waals surface area contributed by atoms with Crippen molar-refractivity contribution in [3.8, 4) is 0 Å². The highest BCUT2D eigenvalue weighted by Gasteiger charge is 2.05. The van der Waals surface area contributed by atoms with Gasteiger partial charge in [-0.15, -0.1) is 0 Å². The van der Waals surface area contributed by atoms with Gasteiger partial charge >= 0.3 is 0 Å². The van der Waals surface area contributed by atoms with Crippen LogP contribution >= 0.6 is 11.8 Å². The van der Waals surface area contributed by atoms with Gasteiger partial charge in [0.05, 0.1) is 6.04 Å². The summed E-state index contributed by atoms with van der Waals surface area (Å²) in [5, 5.41) is 0. The quantitative estimate of drug-likeness (QED) is 0.710.